The fourth-order valence-electron chi connectivity index (χ4n) is 2.39. The third kappa shape index (κ3) is 4.53. The van der Waals surface area contributed by atoms with Crippen LogP contribution >= 0.6 is 33.9 Å². The lowest BCUT2D eigenvalue weighted by molar-refractivity contribution is -0.115. The number of halogens is 1. The molecule has 0 aliphatic carbocycles. The van der Waals surface area contributed by atoms with E-state index in [4.69, 9.17) is 9.47 Å². The largest absolute Gasteiger partial charge is 0.493 e. The molecule has 0 aliphatic heterocycles. The zero-order valence-corrected chi connectivity index (χ0v) is 17.3. The van der Waals surface area contributed by atoms with Gasteiger partial charge in [-0.2, -0.15) is 0 Å². The molecular weight excluding hydrogens is 463 g/mol. The number of hydrogen-bond acceptors (Lipinski definition) is 5. The minimum atomic E-state index is -0.0876. The van der Waals surface area contributed by atoms with Crippen LogP contribution in [0.2, 0.25) is 0 Å². The van der Waals surface area contributed by atoms with E-state index < -0.39 is 0 Å². The first-order valence-electron chi connectivity index (χ1n) is 7.81. The zero-order valence-electron chi connectivity index (χ0n) is 14.3. The maximum Gasteiger partial charge on any atom is 0.230 e. The van der Waals surface area contributed by atoms with E-state index >= 15 is 0 Å². The van der Waals surface area contributed by atoms with Crippen molar-refractivity contribution in [3.63, 3.8) is 0 Å². The van der Waals surface area contributed by atoms with Crippen LogP contribution in [0.1, 0.15) is 5.69 Å². The van der Waals surface area contributed by atoms with E-state index in [9.17, 15) is 4.79 Å². The smallest absolute Gasteiger partial charge is 0.230 e. The number of thiazole rings is 1. The highest BCUT2D eigenvalue weighted by atomic mass is 127. The Kier molecular flexibility index (Phi) is 6.10. The van der Waals surface area contributed by atoms with Gasteiger partial charge in [0.2, 0.25) is 5.91 Å². The number of benzene rings is 2. The second-order valence-electron chi connectivity index (χ2n) is 5.45. The van der Waals surface area contributed by atoms with E-state index in [-0.39, 0.29) is 12.3 Å². The predicted molar refractivity (Wildman–Crippen MR) is 112 cm³/mol. The number of amides is 1. The summed E-state index contributed by atoms with van der Waals surface area (Å²) in [4.78, 5) is 16.8. The maximum absolute atomic E-state index is 12.2. The highest BCUT2D eigenvalue weighted by Crippen LogP contribution is 2.33. The maximum atomic E-state index is 12.2. The van der Waals surface area contributed by atoms with Crippen molar-refractivity contribution in [1.29, 1.82) is 0 Å². The topological polar surface area (TPSA) is 60.5 Å². The van der Waals surface area contributed by atoms with Gasteiger partial charge in [-0.05, 0) is 65.1 Å². The molecule has 0 atom stereocenters. The van der Waals surface area contributed by atoms with E-state index in [1.165, 1.54) is 11.3 Å². The van der Waals surface area contributed by atoms with Gasteiger partial charge in [-0.25, -0.2) is 4.98 Å². The Hall–Kier alpha value is -2.13. The van der Waals surface area contributed by atoms with Crippen molar-refractivity contribution in [3.8, 4) is 22.1 Å². The summed E-state index contributed by atoms with van der Waals surface area (Å²) in [6.07, 6.45) is 0.232. The molecule has 0 spiro atoms. The molecule has 0 bridgehead atoms. The Balaban J connectivity index is 1.69. The molecule has 0 unspecified atom stereocenters. The molecule has 0 radical (unpaired) electrons. The minimum absolute atomic E-state index is 0.0876. The Labute approximate surface area is 169 Å². The number of hydrogen-bond donors (Lipinski definition) is 1. The second kappa shape index (κ2) is 8.50. The van der Waals surface area contributed by atoms with Crippen LogP contribution in [0.4, 0.5) is 5.69 Å². The van der Waals surface area contributed by atoms with Crippen molar-refractivity contribution in [2.75, 3.05) is 19.5 Å². The fraction of sp³-hybridized carbons (Fsp3) is 0.158. The normalized spacial score (nSPS) is 10.4. The van der Waals surface area contributed by atoms with E-state index in [0.29, 0.717) is 11.5 Å². The van der Waals surface area contributed by atoms with Crippen LogP contribution in [-0.2, 0) is 11.2 Å². The number of anilines is 1. The number of nitrogens with zero attached hydrogens (tertiary/aromatic N) is 1. The second-order valence-corrected chi connectivity index (χ2v) is 7.55. The van der Waals surface area contributed by atoms with Gasteiger partial charge in [0.05, 0.1) is 26.3 Å². The van der Waals surface area contributed by atoms with Crippen molar-refractivity contribution in [2.45, 2.75) is 6.42 Å². The lowest BCUT2D eigenvalue weighted by Crippen LogP contribution is -2.14. The summed E-state index contributed by atoms with van der Waals surface area (Å²) in [6, 6.07) is 13.3. The highest BCUT2D eigenvalue weighted by Gasteiger charge is 2.12. The van der Waals surface area contributed by atoms with Gasteiger partial charge in [-0.3, -0.25) is 4.79 Å². The van der Waals surface area contributed by atoms with Crippen LogP contribution in [0.3, 0.4) is 0 Å². The zero-order chi connectivity index (χ0) is 18.5. The molecule has 0 saturated carbocycles. The Morgan fingerprint density at radius 2 is 1.85 bits per heavy atom. The molecule has 134 valence electrons. The standard InChI is InChI=1S/C19H17IN2O3S/c1-24-16-8-3-12(9-17(16)25-2)19-22-15(11-26-19)10-18(23)21-14-6-4-13(20)5-7-14/h3-9,11H,10H2,1-2H3,(H,21,23). The summed E-state index contributed by atoms with van der Waals surface area (Å²) in [5.74, 6) is 1.23. The van der Waals surface area contributed by atoms with Crippen molar-refractivity contribution < 1.29 is 14.3 Å². The van der Waals surface area contributed by atoms with Crippen LogP contribution in [-0.4, -0.2) is 25.1 Å². The average Bonchev–Trinajstić information content (AvgIpc) is 3.11. The molecule has 1 N–H and O–H groups in total. The molecule has 2 aromatic carbocycles. The van der Waals surface area contributed by atoms with Gasteiger partial charge in [0.1, 0.15) is 5.01 Å². The number of nitrogens with one attached hydrogen (secondary N) is 1. The molecule has 7 heteroatoms. The number of rotatable bonds is 6. The molecular formula is C19H17IN2O3S. The highest BCUT2D eigenvalue weighted by molar-refractivity contribution is 14.1. The summed E-state index contributed by atoms with van der Waals surface area (Å²) in [5, 5.41) is 5.62. The van der Waals surface area contributed by atoms with Crippen LogP contribution in [0.25, 0.3) is 10.6 Å². The van der Waals surface area contributed by atoms with E-state index in [1.54, 1.807) is 14.2 Å². The first kappa shape index (κ1) is 18.7. The Morgan fingerprint density at radius 3 is 2.54 bits per heavy atom. The van der Waals surface area contributed by atoms with Gasteiger partial charge >= 0.3 is 0 Å². The lowest BCUT2D eigenvalue weighted by atomic mass is 10.2. The van der Waals surface area contributed by atoms with Gasteiger partial charge in [-0.15, -0.1) is 11.3 Å². The number of carbonyl (C=O) groups excluding carboxylic acids is 1. The molecule has 26 heavy (non-hydrogen) atoms. The summed E-state index contributed by atoms with van der Waals surface area (Å²) >= 11 is 3.73. The summed E-state index contributed by atoms with van der Waals surface area (Å²) < 4.78 is 11.7. The molecule has 3 rings (SSSR count). The molecule has 1 heterocycles. The Bertz CT molecular complexity index is 909. The van der Waals surface area contributed by atoms with E-state index in [1.807, 2.05) is 47.8 Å². The van der Waals surface area contributed by atoms with Crippen LogP contribution in [0.15, 0.2) is 47.8 Å². The fourth-order valence-corrected chi connectivity index (χ4v) is 3.57. The SMILES string of the molecule is COc1ccc(-c2nc(CC(=O)Nc3ccc(I)cc3)cs2)cc1OC. The molecule has 0 fully saturated rings. The third-order valence-electron chi connectivity index (χ3n) is 3.65. The minimum Gasteiger partial charge on any atom is -0.493 e. The third-order valence-corrected chi connectivity index (χ3v) is 5.31. The number of aromatic nitrogens is 1. The molecule has 0 aliphatic rings. The van der Waals surface area contributed by atoms with Crippen molar-refractivity contribution >= 4 is 45.5 Å². The number of carbonyl (C=O) groups is 1. The predicted octanol–water partition coefficient (Wildman–Crippen LogP) is 4.61. The van der Waals surface area contributed by atoms with Crippen LogP contribution < -0.4 is 14.8 Å². The van der Waals surface area contributed by atoms with E-state index in [2.05, 4.69) is 32.9 Å². The van der Waals surface area contributed by atoms with Crippen LogP contribution in [0, 0.1) is 3.57 Å². The van der Waals surface area contributed by atoms with Crippen molar-refractivity contribution in [2.24, 2.45) is 0 Å². The van der Waals surface area contributed by atoms with Gasteiger partial charge in [0.15, 0.2) is 11.5 Å². The monoisotopic (exact) mass is 480 g/mol. The molecule has 3 aromatic rings. The van der Waals surface area contributed by atoms with Crippen LogP contribution in [0.5, 0.6) is 11.5 Å². The van der Waals surface area contributed by atoms with Gasteiger partial charge < -0.3 is 14.8 Å². The number of ether oxygens (including phenoxy) is 2. The van der Waals surface area contributed by atoms with E-state index in [0.717, 1.165) is 25.5 Å². The average molecular weight is 480 g/mol. The van der Waals surface area contributed by atoms with Gasteiger partial charge in [-0.1, -0.05) is 0 Å². The van der Waals surface area contributed by atoms with Crippen molar-refractivity contribution in [1.82, 2.24) is 4.98 Å². The Morgan fingerprint density at radius 1 is 1.12 bits per heavy atom. The van der Waals surface area contributed by atoms with Gasteiger partial charge in [0, 0.05) is 20.2 Å². The van der Waals surface area contributed by atoms with Gasteiger partial charge in [0.25, 0.3) is 0 Å². The quantitative estimate of drug-likeness (QED) is 0.524. The summed E-state index contributed by atoms with van der Waals surface area (Å²) in [6.45, 7) is 0. The number of methoxy groups -OCH3 is 2. The summed E-state index contributed by atoms with van der Waals surface area (Å²) in [5.41, 5.74) is 2.45. The van der Waals surface area contributed by atoms with Crippen molar-refractivity contribution in [3.05, 3.63) is 57.1 Å². The molecule has 1 aromatic heterocycles. The molecule has 5 nitrogen and oxygen atoms in total. The molecule has 1 amide bonds. The first-order chi connectivity index (χ1) is 12.6. The summed E-state index contributed by atoms with van der Waals surface area (Å²) in [7, 11) is 3.20. The lowest BCUT2D eigenvalue weighted by Gasteiger charge is -2.08. The molecule has 0 saturated heterocycles. The first-order valence-corrected chi connectivity index (χ1v) is 9.77.